The molecule has 0 saturated carbocycles. The van der Waals surface area contributed by atoms with Crippen LogP contribution in [0.2, 0.25) is 0 Å². The van der Waals surface area contributed by atoms with Gasteiger partial charge in [0.05, 0.1) is 11.3 Å². The molecule has 4 heterocycles. The molecule has 4 N–H and O–H groups in total. The predicted molar refractivity (Wildman–Crippen MR) is 140 cm³/mol. The summed E-state index contributed by atoms with van der Waals surface area (Å²) < 4.78 is 28.0. The lowest BCUT2D eigenvalue weighted by Gasteiger charge is -2.36. The lowest BCUT2D eigenvalue weighted by Crippen LogP contribution is -2.43. The fourth-order valence-electron chi connectivity index (χ4n) is 4.68. The minimum absolute atomic E-state index is 0.176. The van der Waals surface area contributed by atoms with E-state index in [9.17, 15) is 13.2 Å². The molecule has 1 aliphatic heterocycles. The number of carbonyl (C=O) groups excluding carboxylic acids is 1. The van der Waals surface area contributed by atoms with Crippen LogP contribution in [0.4, 0.5) is 11.6 Å². The molecule has 36 heavy (non-hydrogen) atoms. The van der Waals surface area contributed by atoms with Crippen LogP contribution in [0.25, 0.3) is 22.2 Å². The van der Waals surface area contributed by atoms with Crippen LogP contribution in [-0.4, -0.2) is 41.4 Å². The zero-order valence-corrected chi connectivity index (χ0v) is 21.1. The van der Waals surface area contributed by atoms with E-state index >= 15 is 0 Å². The number of aromatic amines is 1. The number of nitrogens with zero attached hydrogens (tertiary/aromatic N) is 3. The van der Waals surface area contributed by atoms with Crippen molar-refractivity contribution >= 4 is 38.5 Å². The van der Waals surface area contributed by atoms with Gasteiger partial charge in [0.2, 0.25) is 0 Å². The van der Waals surface area contributed by atoms with Crippen molar-refractivity contribution in [3.63, 3.8) is 0 Å². The summed E-state index contributed by atoms with van der Waals surface area (Å²) in [5.41, 5.74) is 8.26. The maximum absolute atomic E-state index is 13.4. The molecule has 1 fully saturated rings. The molecular weight excluding hydrogens is 476 g/mol. The van der Waals surface area contributed by atoms with Crippen LogP contribution in [0, 0.1) is 5.92 Å². The maximum Gasteiger partial charge on any atom is 0.268 e. The third-order valence-corrected chi connectivity index (χ3v) is 8.61. The maximum atomic E-state index is 13.4. The Kier molecular flexibility index (Phi) is 5.71. The van der Waals surface area contributed by atoms with Crippen molar-refractivity contribution < 1.29 is 13.2 Å². The van der Waals surface area contributed by atoms with Gasteiger partial charge in [-0.25, -0.2) is 23.1 Å². The van der Waals surface area contributed by atoms with Gasteiger partial charge in [0.15, 0.2) is 0 Å². The van der Waals surface area contributed by atoms with E-state index in [1.165, 1.54) is 18.3 Å². The first-order valence-electron chi connectivity index (χ1n) is 11.7. The number of nitrogen functional groups attached to an aromatic ring is 1. The Bertz CT molecular complexity index is 1580. The van der Waals surface area contributed by atoms with Crippen molar-refractivity contribution in [2.75, 3.05) is 17.2 Å². The number of amides is 1. The summed E-state index contributed by atoms with van der Waals surface area (Å²) in [7, 11) is -4.24. The third kappa shape index (κ3) is 4.07. The minimum atomic E-state index is -4.24. The fourth-order valence-corrected chi connectivity index (χ4v) is 5.73. The van der Waals surface area contributed by atoms with Crippen molar-refractivity contribution in [3.05, 3.63) is 66.5 Å². The Labute approximate surface area is 209 Å². The smallest absolute Gasteiger partial charge is 0.268 e. The largest absolute Gasteiger partial charge is 0.383 e. The van der Waals surface area contributed by atoms with E-state index in [2.05, 4.69) is 40.4 Å². The second-order valence-electron chi connectivity index (χ2n) is 9.66. The molecule has 0 aliphatic carbocycles. The number of nitrogens with one attached hydrogen (secondary N) is 2. The molecule has 10 heteroatoms. The Morgan fingerprint density at radius 3 is 2.72 bits per heavy atom. The molecule has 186 valence electrons. The molecule has 9 nitrogen and oxygen atoms in total. The molecule has 1 saturated heterocycles. The molecule has 0 spiro atoms. The van der Waals surface area contributed by atoms with Crippen LogP contribution < -0.4 is 15.4 Å². The standard InChI is InChI=1S/C26H28N6O3S/c1-16-11-14-32(26(16,2)3)24-19(25(33)31-36(34,35)22-5-4-12-29-23(22)27)7-9-21(30-24)17-6-8-20-18(15-17)10-13-28-20/h4-10,12-13,15-16,28H,11,14H2,1-3H3,(H2,27,29)(H,31,33). The van der Waals surface area contributed by atoms with Crippen LogP contribution in [-0.2, 0) is 10.0 Å². The first-order chi connectivity index (χ1) is 17.1. The van der Waals surface area contributed by atoms with Gasteiger partial charge in [-0.15, -0.1) is 0 Å². The number of carbonyl (C=O) groups is 1. The van der Waals surface area contributed by atoms with E-state index in [4.69, 9.17) is 10.7 Å². The Balaban J connectivity index is 1.58. The number of rotatable bonds is 5. The highest BCUT2D eigenvalue weighted by Crippen LogP contribution is 2.39. The Hall–Kier alpha value is -3.92. The number of hydrogen-bond acceptors (Lipinski definition) is 7. The van der Waals surface area contributed by atoms with Crippen molar-refractivity contribution in [2.24, 2.45) is 5.92 Å². The zero-order valence-electron chi connectivity index (χ0n) is 20.3. The van der Waals surface area contributed by atoms with Crippen molar-refractivity contribution in [1.29, 1.82) is 0 Å². The summed E-state index contributed by atoms with van der Waals surface area (Å²) in [6.07, 6.45) is 4.20. The number of aromatic nitrogens is 3. The summed E-state index contributed by atoms with van der Waals surface area (Å²) in [5, 5.41) is 1.05. The third-order valence-electron chi connectivity index (χ3n) is 7.23. The van der Waals surface area contributed by atoms with Crippen molar-refractivity contribution in [2.45, 2.75) is 37.6 Å². The minimum Gasteiger partial charge on any atom is -0.383 e. The quantitative estimate of drug-likeness (QED) is 0.375. The number of benzene rings is 1. The van der Waals surface area contributed by atoms with Gasteiger partial charge in [-0.1, -0.05) is 13.0 Å². The van der Waals surface area contributed by atoms with E-state index in [1.807, 2.05) is 30.5 Å². The predicted octanol–water partition coefficient (Wildman–Crippen LogP) is 3.95. The Morgan fingerprint density at radius 2 is 2.00 bits per heavy atom. The van der Waals surface area contributed by atoms with Crippen LogP contribution in [0.3, 0.4) is 0 Å². The van der Waals surface area contributed by atoms with Crippen LogP contribution in [0.1, 0.15) is 37.6 Å². The number of nitrogens with two attached hydrogens (primary N) is 1. The molecule has 1 aromatic carbocycles. The van der Waals surface area contributed by atoms with Gasteiger partial charge in [0.1, 0.15) is 16.5 Å². The van der Waals surface area contributed by atoms with E-state index in [1.54, 1.807) is 12.1 Å². The van der Waals surface area contributed by atoms with Gasteiger partial charge in [-0.05, 0) is 68.7 Å². The molecule has 0 bridgehead atoms. The first kappa shape index (κ1) is 23.8. The number of pyridine rings is 2. The fraction of sp³-hybridized carbons (Fsp3) is 0.269. The number of sulfonamides is 1. The SMILES string of the molecule is CC1CCN(c2nc(-c3ccc4[nH]ccc4c3)ccc2C(=O)NS(=O)(=O)c2cccnc2N)C1(C)C. The van der Waals surface area contributed by atoms with Crippen molar-refractivity contribution in [1.82, 2.24) is 19.7 Å². The number of anilines is 2. The molecule has 1 unspecified atom stereocenters. The number of hydrogen-bond donors (Lipinski definition) is 3. The lowest BCUT2D eigenvalue weighted by atomic mass is 9.90. The first-order valence-corrected chi connectivity index (χ1v) is 13.2. The van der Waals surface area contributed by atoms with Gasteiger partial charge in [-0.2, -0.15) is 0 Å². The van der Waals surface area contributed by atoms with Gasteiger partial charge < -0.3 is 15.6 Å². The molecule has 1 amide bonds. The Morgan fingerprint density at radius 1 is 1.19 bits per heavy atom. The molecular formula is C26H28N6O3S. The van der Waals surface area contributed by atoms with Crippen LogP contribution >= 0.6 is 0 Å². The van der Waals surface area contributed by atoms with Gasteiger partial charge >= 0.3 is 0 Å². The second-order valence-corrected chi connectivity index (χ2v) is 11.3. The highest BCUT2D eigenvalue weighted by atomic mass is 32.2. The number of fused-ring (bicyclic) bond motifs is 1. The topological polar surface area (TPSA) is 134 Å². The molecule has 3 aromatic heterocycles. The average molecular weight is 505 g/mol. The zero-order chi connectivity index (χ0) is 25.7. The van der Waals surface area contributed by atoms with Crippen LogP contribution in [0.5, 0.6) is 0 Å². The van der Waals surface area contributed by atoms with E-state index in [-0.39, 0.29) is 21.8 Å². The van der Waals surface area contributed by atoms with E-state index < -0.39 is 15.9 Å². The molecule has 1 atom stereocenters. The molecule has 4 aromatic rings. The highest BCUT2D eigenvalue weighted by molar-refractivity contribution is 7.90. The lowest BCUT2D eigenvalue weighted by molar-refractivity contribution is 0.0981. The normalized spacial score (nSPS) is 17.4. The molecule has 5 rings (SSSR count). The average Bonchev–Trinajstić information content (AvgIpc) is 3.41. The number of H-pyrrole nitrogens is 1. The highest BCUT2D eigenvalue weighted by Gasteiger charge is 2.41. The van der Waals surface area contributed by atoms with Gasteiger partial charge in [-0.3, -0.25) is 4.79 Å². The summed E-state index contributed by atoms with van der Waals surface area (Å²) in [5.74, 6) is -0.151. The van der Waals surface area contributed by atoms with Crippen molar-refractivity contribution in [3.8, 4) is 11.3 Å². The van der Waals surface area contributed by atoms with Gasteiger partial charge in [0, 0.05) is 40.9 Å². The molecule has 0 radical (unpaired) electrons. The van der Waals surface area contributed by atoms with Crippen LogP contribution in [0.15, 0.2) is 65.8 Å². The summed E-state index contributed by atoms with van der Waals surface area (Å²) >= 11 is 0. The molecule has 1 aliphatic rings. The van der Waals surface area contributed by atoms with E-state index in [0.29, 0.717) is 24.0 Å². The monoisotopic (exact) mass is 504 g/mol. The van der Waals surface area contributed by atoms with Gasteiger partial charge in [0.25, 0.3) is 15.9 Å². The summed E-state index contributed by atoms with van der Waals surface area (Å²) in [6.45, 7) is 7.09. The van der Waals surface area contributed by atoms with E-state index in [0.717, 1.165) is 22.9 Å². The summed E-state index contributed by atoms with van der Waals surface area (Å²) in [4.78, 5) is 27.1. The summed E-state index contributed by atoms with van der Waals surface area (Å²) in [6, 6.07) is 14.1. The second kappa shape index (κ2) is 8.63.